The molecule has 0 aliphatic heterocycles. The first kappa shape index (κ1) is 13.3. The van der Waals surface area contributed by atoms with Gasteiger partial charge in [-0.1, -0.05) is 12.3 Å². The number of hydrogen-bond donors (Lipinski definition) is 0. The molecule has 0 bridgehead atoms. The highest BCUT2D eigenvalue weighted by Crippen LogP contribution is 2.34. The third-order valence-corrected chi connectivity index (χ3v) is 2.16. The van der Waals surface area contributed by atoms with E-state index in [-0.39, 0.29) is 11.2 Å². The van der Waals surface area contributed by atoms with Gasteiger partial charge in [-0.3, -0.25) is 10.1 Å². The van der Waals surface area contributed by atoms with Gasteiger partial charge in [-0.2, -0.15) is 13.2 Å². The normalized spacial score (nSPS) is 11.1. The monoisotopic (exact) mass is 246 g/mol. The smallest absolute Gasteiger partial charge is 0.416 e. The summed E-state index contributed by atoms with van der Waals surface area (Å²) in [5, 5.41) is 10.6. The van der Waals surface area contributed by atoms with Crippen molar-refractivity contribution in [2.24, 2.45) is 0 Å². The molecule has 0 fully saturated rings. The Morgan fingerprint density at radius 3 is 2.35 bits per heavy atom. The maximum Gasteiger partial charge on any atom is 0.416 e. The number of methoxy groups -OCH3 is 1. The van der Waals surface area contributed by atoms with Gasteiger partial charge in [0.05, 0.1) is 17.6 Å². The molecule has 0 aliphatic carbocycles. The standard InChI is InChI=1S/C9H8BF3NO3/c1-10-6-4-8(17-2)7(14(15)16)3-5(6)9(11,12)13/h3-4H,1-2H3. The topological polar surface area (TPSA) is 52.4 Å². The fourth-order valence-corrected chi connectivity index (χ4v) is 1.37. The molecule has 0 heterocycles. The van der Waals surface area contributed by atoms with Gasteiger partial charge in [-0.15, -0.1) is 0 Å². The molecule has 1 rings (SSSR count). The van der Waals surface area contributed by atoms with Crippen LogP contribution in [0, 0.1) is 10.1 Å². The highest BCUT2D eigenvalue weighted by atomic mass is 19.4. The largest absolute Gasteiger partial charge is 0.490 e. The predicted molar refractivity (Wildman–Crippen MR) is 55.9 cm³/mol. The molecule has 1 radical (unpaired) electrons. The Morgan fingerprint density at radius 2 is 2.00 bits per heavy atom. The lowest BCUT2D eigenvalue weighted by Crippen LogP contribution is -2.24. The summed E-state index contributed by atoms with van der Waals surface area (Å²) in [5.41, 5.74) is -1.90. The van der Waals surface area contributed by atoms with Crippen molar-refractivity contribution in [1.82, 2.24) is 0 Å². The van der Waals surface area contributed by atoms with Crippen molar-refractivity contribution in [3.05, 3.63) is 27.8 Å². The molecule has 0 amide bonds. The third kappa shape index (κ3) is 2.69. The quantitative estimate of drug-likeness (QED) is 0.465. The van der Waals surface area contributed by atoms with Crippen LogP contribution < -0.4 is 10.2 Å². The highest BCUT2D eigenvalue weighted by Gasteiger charge is 2.35. The average Bonchev–Trinajstić information content (AvgIpc) is 2.25. The zero-order valence-corrected chi connectivity index (χ0v) is 9.04. The van der Waals surface area contributed by atoms with Gasteiger partial charge in [0.2, 0.25) is 0 Å². The predicted octanol–water partition coefficient (Wildman–Crippen LogP) is 2.00. The Balaban J connectivity index is 3.50. The second kappa shape index (κ2) is 4.64. The van der Waals surface area contributed by atoms with Crippen molar-refractivity contribution in [3.8, 4) is 5.75 Å². The molecule has 17 heavy (non-hydrogen) atoms. The first-order valence-corrected chi connectivity index (χ1v) is 4.54. The van der Waals surface area contributed by atoms with E-state index >= 15 is 0 Å². The van der Waals surface area contributed by atoms with Crippen LogP contribution in [0.3, 0.4) is 0 Å². The van der Waals surface area contributed by atoms with E-state index in [4.69, 9.17) is 0 Å². The van der Waals surface area contributed by atoms with Crippen LogP contribution in [0.2, 0.25) is 6.82 Å². The van der Waals surface area contributed by atoms with Crippen LogP contribution in [0.4, 0.5) is 18.9 Å². The molecular formula is C9H8BF3NO3. The number of benzene rings is 1. The molecule has 0 spiro atoms. The van der Waals surface area contributed by atoms with Crippen molar-refractivity contribution < 1.29 is 22.8 Å². The molecule has 91 valence electrons. The molecule has 0 atom stereocenters. The summed E-state index contributed by atoms with van der Waals surface area (Å²) in [4.78, 5) is 9.70. The molecule has 1 aromatic rings. The number of nitro benzene ring substituents is 1. The Labute approximate surface area is 95.8 Å². The summed E-state index contributed by atoms with van der Waals surface area (Å²) in [6.45, 7) is 1.41. The zero-order chi connectivity index (χ0) is 13.2. The maximum atomic E-state index is 12.6. The molecule has 8 heteroatoms. The van der Waals surface area contributed by atoms with Crippen LogP contribution in [-0.4, -0.2) is 19.3 Å². The van der Waals surface area contributed by atoms with E-state index in [2.05, 4.69) is 4.74 Å². The minimum absolute atomic E-state index is 0.153. The average molecular weight is 246 g/mol. The molecule has 1 aromatic carbocycles. The van der Waals surface area contributed by atoms with Crippen LogP contribution in [0.5, 0.6) is 5.75 Å². The molecule has 0 N–H and O–H groups in total. The van der Waals surface area contributed by atoms with Crippen molar-refractivity contribution in [2.75, 3.05) is 7.11 Å². The molecular weight excluding hydrogens is 238 g/mol. The van der Waals surface area contributed by atoms with Crippen LogP contribution in [0.15, 0.2) is 12.1 Å². The summed E-state index contributed by atoms with van der Waals surface area (Å²) in [6, 6.07) is 1.48. The second-order valence-electron chi connectivity index (χ2n) is 3.15. The zero-order valence-electron chi connectivity index (χ0n) is 9.04. The van der Waals surface area contributed by atoms with Gasteiger partial charge < -0.3 is 4.74 Å². The molecule has 0 aliphatic rings. The first-order valence-electron chi connectivity index (χ1n) is 4.54. The lowest BCUT2D eigenvalue weighted by molar-refractivity contribution is -0.386. The number of nitro groups is 1. The van der Waals surface area contributed by atoms with Crippen LogP contribution in [-0.2, 0) is 6.18 Å². The summed E-state index contributed by atoms with van der Waals surface area (Å²) >= 11 is 0. The lowest BCUT2D eigenvalue weighted by Gasteiger charge is -2.13. The Bertz CT molecular complexity index is 448. The van der Waals surface area contributed by atoms with E-state index in [9.17, 15) is 23.3 Å². The van der Waals surface area contributed by atoms with Crippen molar-refractivity contribution in [2.45, 2.75) is 13.0 Å². The van der Waals surface area contributed by atoms with E-state index in [1.807, 2.05) is 0 Å². The highest BCUT2D eigenvalue weighted by molar-refractivity contribution is 6.52. The van der Waals surface area contributed by atoms with E-state index in [0.29, 0.717) is 6.07 Å². The fraction of sp³-hybridized carbons (Fsp3) is 0.333. The van der Waals surface area contributed by atoms with Gasteiger partial charge in [0, 0.05) is 6.07 Å². The van der Waals surface area contributed by atoms with Crippen molar-refractivity contribution >= 4 is 18.4 Å². The van der Waals surface area contributed by atoms with Gasteiger partial charge >= 0.3 is 11.9 Å². The number of ether oxygens (including phenoxy) is 1. The minimum atomic E-state index is -4.64. The summed E-state index contributed by atoms with van der Waals surface area (Å²) < 4.78 is 42.6. The summed E-state index contributed by atoms with van der Waals surface area (Å²) in [5.74, 6) is -0.198. The summed E-state index contributed by atoms with van der Waals surface area (Å²) in [6.07, 6.45) is -4.64. The molecule has 0 aromatic heterocycles. The van der Waals surface area contributed by atoms with Crippen molar-refractivity contribution in [1.29, 1.82) is 0 Å². The minimum Gasteiger partial charge on any atom is -0.490 e. The van der Waals surface area contributed by atoms with Gasteiger partial charge in [0.15, 0.2) is 5.75 Å². The SMILES string of the molecule is C[B]c1cc(OC)c([N+](=O)[O-])cc1C(F)(F)F. The van der Waals surface area contributed by atoms with Crippen LogP contribution in [0.25, 0.3) is 0 Å². The number of nitrogens with zero attached hydrogens (tertiary/aromatic N) is 1. The van der Waals surface area contributed by atoms with E-state index in [1.54, 1.807) is 0 Å². The van der Waals surface area contributed by atoms with Crippen LogP contribution in [0.1, 0.15) is 5.56 Å². The van der Waals surface area contributed by atoms with Gasteiger partial charge in [-0.25, -0.2) is 0 Å². The van der Waals surface area contributed by atoms with E-state index < -0.39 is 22.4 Å². The molecule has 4 nitrogen and oxygen atoms in total. The first-order chi connectivity index (χ1) is 7.81. The maximum absolute atomic E-state index is 12.6. The van der Waals surface area contributed by atoms with E-state index in [1.165, 1.54) is 14.1 Å². The second-order valence-corrected chi connectivity index (χ2v) is 3.15. The number of hydrogen-bond acceptors (Lipinski definition) is 3. The van der Waals surface area contributed by atoms with Gasteiger partial charge in [-0.05, 0) is 6.07 Å². The Kier molecular flexibility index (Phi) is 3.64. The van der Waals surface area contributed by atoms with Crippen molar-refractivity contribution in [3.63, 3.8) is 0 Å². The number of rotatable bonds is 3. The Hall–Kier alpha value is -1.73. The van der Waals surface area contributed by atoms with Gasteiger partial charge in [0.25, 0.3) is 0 Å². The number of halogens is 3. The third-order valence-electron chi connectivity index (χ3n) is 2.16. The Morgan fingerprint density at radius 1 is 1.41 bits per heavy atom. The summed E-state index contributed by atoms with van der Waals surface area (Å²) in [7, 11) is 2.38. The van der Waals surface area contributed by atoms with Crippen LogP contribution >= 0.6 is 0 Å². The lowest BCUT2D eigenvalue weighted by atomic mass is 9.70. The van der Waals surface area contributed by atoms with E-state index in [0.717, 1.165) is 13.2 Å². The fourth-order valence-electron chi connectivity index (χ4n) is 1.37. The number of alkyl halides is 3. The molecule has 0 saturated carbocycles. The molecule has 0 saturated heterocycles. The molecule has 0 unspecified atom stereocenters. The van der Waals surface area contributed by atoms with Gasteiger partial charge in [0.1, 0.15) is 7.28 Å².